The Morgan fingerprint density at radius 3 is 2.39 bits per heavy atom. The average Bonchev–Trinajstić information content (AvgIpc) is 2.88. The number of ether oxygens (including phenoxy) is 3. The molecule has 8 heteroatoms. The first-order chi connectivity index (χ1) is 15.7. The van der Waals surface area contributed by atoms with Gasteiger partial charge in [-0.3, -0.25) is 4.79 Å². The minimum Gasteiger partial charge on any atom is -0.497 e. The van der Waals surface area contributed by atoms with Gasteiger partial charge in [-0.25, -0.2) is 4.79 Å². The lowest BCUT2D eigenvalue weighted by atomic mass is 10.0. The summed E-state index contributed by atoms with van der Waals surface area (Å²) in [6.45, 7) is 7.11. The third kappa shape index (κ3) is 5.81. The number of benzene rings is 2. The van der Waals surface area contributed by atoms with Gasteiger partial charge in [0.05, 0.1) is 24.7 Å². The van der Waals surface area contributed by atoms with Crippen molar-refractivity contribution in [2.24, 2.45) is 0 Å². The maximum atomic E-state index is 13.9. The summed E-state index contributed by atoms with van der Waals surface area (Å²) in [4.78, 5) is 31.0. The number of carbonyl (C=O) groups is 2. The van der Waals surface area contributed by atoms with Gasteiger partial charge in [-0.05, 0) is 75.8 Å². The van der Waals surface area contributed by atoms with Crippen molar-refractivity contribution in [1.82, 2.24) is 4.90 Å². The third-order valence-electron chi connectivity index (χ3n) is 5.60. The molecule has 0 aromatic heterocycles. The van der Waals surface area contributed by atoms with Gasteiger partial charge in [0.1, 0.15) is 5.75 Å². The first kappa shape index (κ1) is 24.9. The number of amides is 1. The molecule has 2 aromatic rings. The molecule has 0 unspecified atom stereocenters. The first-order valence-corrected chi connectivity index (χ1v) is 11.8. The number of nitrogens with zero attached hydrogens (tertiary/aromatic N) is 2. The lowest BCUT2D eigenvalue weighted by molar-refractivity contribution is -0.128. The fraction of sp³-hybridized carbons (Fsp3) is 0.440. The minimum atomic E-state index is -1.04. The van der Waals surface area contributed by atoms with Crippen molar-refractivity contribution in [3.05, 3.63) is 53.1 Å². The van der Waals surface area contributed by atoms with E-state index in [-0.39, 0.29) is 12.5 Å². The molecule has 0 saturated heterocycles. The average molecular weight is 473 g/mol. The molecule has 0 bridgehead atoms. The molecule has 7 nitrogen and oxygen atoms in total. The van der Waals surface area contributed by atoms with E-state index in [1.54, 1.807) is 18.9 Å². The van der Waals surface area contributed by atoms with Gasteiger partial charge < -0.3 is 24.0 Å². The van der Waals surface area contributed by atoms with E-state index < -0.39 is 17.5 Å². The van der Waals surface area contributed by atoms with Gasteiger partial charge in [-0.15, -0.1) is 11.8 Å². The topological polar surface area (TPSA) is 68.3 Å². The van der Waals surface area contributed by atoms with Crippen LogP contribution in [-0.4, -0.2) is 64.0 Å². The first-order valence-electron chi connectivity index (χ1n) is 11.0. The highest BCUT2D eigenvalue weighted by Gasteiger charge is 2.41. The summed E-state index contributed by atoms with van der Waals surface area (Å²) >= 11 is 1.53. The monoisotopic (exact) mass is 472 g/mol. The Hall–Kier alpha value is -2.71. The fourth-order valence-corrected chi connectivity index (χ4v) is 5.01. The molecule has 178 valence electrons. The van der Waals surface area contributed by atoms with Gasteiger partial charge in [-0.2, -0.15) is 0 Å². The molecule has 1 aliphatic heterocycles. The number of methoxy groups -OCH3 is 1. The maximum Gasteiger partial charge on any atom is 0.509 e. The summed E-state index contributed by atoms with van der Waals surface area (Å²) in [6.07, 6.45) is -1.89. The predicted molar refractivity (Wildman–Crippen MR) is 130 cm³/mol. The summed E-state index contributed by atoms with van der Waals surface area (Å²) in [6, 6.07) is 11.6. The largest absolute Gasteiger partial charge is 0.509 e. The van der Waals surface area contributed by atoms with Crippen LogP contribution in [0.5, 0.6) is 5.75 Å². The molecule has 0 N–H and O–H groups in total. The number of thioether (sulfide) groups is 1. The van der Waals surface area contributed by atoms with E-state index in [2.05, 4.69) is 13.0 Å². The molecule has 0 spiro atoms. The molecular formula is C25H32N2O5S. The Morgan fingerprint density at radius 1 is 1.12 bits per heavy atom. The minimum absolute atomic E-state index is 0.170. The van der Waals surface area contributed by atoms with Crippen molar-refractivity contribution < 1.29 is 23.8 Å². The van der Waals surface area contributed by atoms with Crippen molar-refractivity contribution >= 4 is 29.5 Å². The fourth-order valence-electron chi connectivity index (χ4n) is 3.61. The quantitative estimate of drug-likeness (QED) is 0.546. The molecular weight excluding hydrogens is 440 g/mol. The van der Waals surface area contributed by atoms with E-state index >= 15 is 0 Å². The van der Waals surface area contributed by atoms with Crippen LogP contribution < -0.4 is 9.64 Å². The Labute approximate surface area is 200 Å². The molecule has 2 aromatic carbocycles. The van der Waals surface area contributed by atoms with Crippen LogP contribution in [-0.2, 0) is 14.3 Å². The molecule has 2 atom stereocenters. The zero-order chi connectivity index (χ0) is 24.1. The molecule has 0 fully saturated rings. The van der Waals surface area contributed by atoms with E-state index in [1.807, 2.05) is 56.3 Å². The van der Waals surface area contributed by atoms with Crippen LogP contribution in [0.25, 0.3) is 0 Å². The predicted octanol–water partition coefficient (Wildman–Crippen LogP) is 4.60. The van der Waals surface area contributed by atoms with Crippen molar-refractivity contribution in [3.63, 3.8) is 0 Å². The highest BCUT2D eigenvalue weighted by atomic mass is 32.2. The molecule has 0 aliphatic carbocycles. The van der Waals surface area contributed by atoms with Crippen LogP contribution in [0.4, 0.5) is 10.5 Å². The third-order valence-corrected chi connectivity index (χ3v) is 6.96. The van der Waals surface area contributed by atoms with Crippen molar-refractivity contribution in [1.29, 1.82) is 0 Å². The van der Waals surface area contributed by atoms with E-state index in [0.29, 0.717) is 18.8 Å². The Balaban J connectivity index is 2.12. The van der Waals surface area contributed by atoms with Crippen LogP contribution in [0.2, 0.25) is 0 Å². The molecule has 0 saturated carbocycles. The molecule has 1 aliphatic rings. The summed E-state index contributed by atoms with van der Waals surface area (Å²) in [7, 11) is 5.53. The van der Waals surface area contributed by atoms with Crippen LogP contribution in [0, 0.1) is 13.8 Å². The summed E-state index contributed by atoms with van der Waals surface area (Å²) in [5.74, 6) is 0.450. The van der Waals surface area contributed by atoms with Crippen LogP contribution in [0.3, 0.4) is 0 Å². The Kier molecular flexibility index (Phi) is 8.26. The lowest BCUT2D eigenvalue weighted by Crippen LogP contribution is -2.45. The summed E-state index contributed by atoms with van der Waals surface area (Å²) in [5, 5.41) is -0.446. The van der Waals surface area contributed by atoms with E-state index in [9.17, 15) is 9.59 Å². The molecule has 33 heavy (non-hydrogen) atoms. The number of carbonyl (C=O) groups excluding carboxylic acids is 2. The number of fused-ring (bicyclic) bond motifs is 1. The van der Waals surface area contributed by atoms with Crippen LogP contribution in [0.15, 0.2) is 41.3 Å². The van der Waals surface area contributed by atoms with E-state index in [4.69, 9.17) is 14.2 Å². The van der Waals surface area contributed by atoms with Crippen molar-refractivity contribution in [3.8, 4) is 5.75 Å². The second kappa shape index (κ2) is 10.9. The second-order valence-electron chi connectivity index (χ2n) is 8.23. The Bertz CT molecular complexity index is 993. The van der Waals surface area contributed by atoms with E-state index in [0.717, 1.165) is 27.3 Å². The molecule has 1 heterocycles. The number of likely N-dealkylation sites (N-methyl/N-ethyl adjacent to an activating group) is 1. The van der Waals surface area contributed by atoms with Gasteiger partial charge in [-0.1, -0.05) is 12.1 Å². The van der Waals surface area contributed by atoms with Gasteiger partial charge in [0.15, 0.2) is 0 Å². The number of rotatable bonds is 7. The van der Waals surface area contributed by atoms with Gasteiger partial charge >= 0.3 is 6.16 Å². The van der Waals surface area contributed by atoms with Crippen molar-refractivity contribution in [2.75, 3.05) is 45.8 Å². The highest BCUT2D eigenvalue weighted by Crippen LogP contribution is 2.47. The molecule has 1 amide bonds. The summed E-state index contributed by atoms with van der Waals surface area (Å²) in [5.41, 5.74) is 3.94. The van der Waals surface area contributed by atoms with E-state index in [1.165, 1.54) is 11.8 Å². The lowest BCUT2D eigenvalue weighted by Gasteiger charge is -2.28. The highest BCUT2D eigenvalue weighted by molar-refractivity contribution is 7.99. The van der Waals surface area contributed by atoms with Crippen LogP contribution in [0.1, 0.15) is 28.9 Å². The zero-order valence-corrected chi connectivity index (χ0v) is 20.9. The normalized spacial score (nSPS) is 18.0. The number of hydrogen-bond donors (Lipinski definition) is 0. The standard InChI is InChI=1S/C25H32N2O5S/c1-7-31-25(29)32-22-23(18-8-10-19(30-6)11-9-18)33-21-15-17(3)16(2)14-20(21)27(24(22)28)13-12-26(4)5/h8-11,14-15,22-23H,7,12-13H2,1-6H3/t22-,23+/m0/s1. The number of anilines is 1. The van der Waals surface area contributed by atoms with Crippen molar-refractivity contribution in [2.45, 2.75) is 37.0 Å². The summed E-state index contributed by atoms with van der Waals surface area (Å²) < 4.78 is 16.0. The number of hydrogen-bond acceptors (Lipinski definition) is 7. The SMILES string of the molecule is CCOC(=O)O[C@@H]1C(=O)N(CCN(C)C)c2cc(C)c(C)cc2S[C@@H]1c1ccc(OC)cc1. The number of aryl methyl sites for hydroxylation is 2. The van der Waals surface area contributed by atoms with Gasteiger partial charge in [0.2, 0.25) is 6.10 Å². The van der Waals surface area contributed by atoms with Gasteiger partial charge in [0.25, 0.3) is 5.91 Å². The van der Waals surface area contributed by atoms with Gasteiger partial charge in [0, 0.05) is 18.0 Å². The second-order valence-corrected chi connectivity index (χ2v) is 9.41. The van der Waals surface area contributed by atoms with Crippen LogP contribution >= 0.6 is 11.8 Å². The molecule has 3 rings (SSSR count). The smallest absolute Gasteiger partial charge is 0.497 e. The molecule has 0 radical (unpaired) electrons. The zero-order valence-electron chi connectivity index (χ0n) is 20.1. The Morgan fingerprint density at radius 2 is 1.79 bits per heavy atom. The maximum absolute atomic E-state index is 13.9.